The van der Waals surface area contributed by atoms with E-state index in [1.54, 1.807) is 23.1 Å². The van der Waals surface area contributed by atoms with Crippen LogP contribution in [0.3, 0.4) is 0 Å². The van der Waals surface area contributed by atoms with Gasteiger partial charge in [-0.05, 0) is 30.9 Å². The highest BCUT2D eigenvalue weighted by molar-refractivity contribution is 5.93. The number of hydrogen-bond acceptors (Lipinski definition) is 4. The van der Waals surface area contributed by atoms with Crippen molar-refractivity contribution in [2.24, 2.45) is 0 Å². The molecule has 1 aromatic heterocycles. The van der Waals surface area contributed by atoms with Crippen LogP contribution in [-0.4, -0.2) is 44.4 Å². The molecule has 0 spiro atoms. The van der Waals surface area contributed by atoms with E-state index in [-0.39, 0.29) is 29.2 Å². The van der Waals surface area contributed by atoms with E-state index in [0.717, 1.165) is 31.9 Å². The van der Waals surface area contributed by atoms with Crippen LogP contribution in [0.5, 0.6) is 0 Å². The van der Waals surface area contributed by atoms with Crippen molar-refractivity contribution in [2.45, 2.75) is 38.1 Å². The van der Waals surface area contributed by atoms with Gasteiger partial charge in [0, 0.05) is 12.6 Å². The molecule has 26 heavy (non-hydrogen) atoms. The Bertz CT molecular complexity index is 789. The lowest BCUT2D eigenvalue weighted by atomic mass is 10.1. The first-order valence-corrected chi connectivity index (χ1v) is 8.66. The minimum absolute atomic E-state index is 0.0928. The fraction of sp³-hybridized carbons (Fsp3) is 0.368. The molecule has 0 saturated heterocycles. The molecule has 2 aromatic rings. The van der Waals surface area contributed by atoms with Crippen molar-refractivity contribution < 1.29 is 19.1 Å². The monoisotopic (exact) mass is 357 g/mol. The zero-order valence-corrected chi connectivity index (χ0v) is 14.3. The van der Waals surface area contributed by atoms with E-state index >= 15 is 0 Å². The number of carboxylic acids is 1. The number of carbonyl (C=O) groups excluding carboxylic acids is 1. The van der Waals surface area contributed by atoms with E-state index < -0.39 is 5.97 Å². The van der Waals surface area contributed by atoms with Crippen LogP contribution in [0.25, 0.3) is 0 Å². The molecular weight excluding hydrogens is 337 g/mol. The van der Waals surface area contributed by atoms with Crippen molar-refractivity contribution in [2.75, 3.05) is 6.54 Å². The summed E-state index contributed by atoms with van der Waals surface area (Å²) in [5.41, 5.74) is 0.464. The highest BCUT2D eigenvalue weighted by Crippen LogP contribution is 2.25. The number of benzene rings is 1. The van der Waals surface area contributed by atoms with Gasteiger partial charge in [-0.25, -0.2) is 19.2 Å². The van der Waals surface area contributed by atoms with Gasteiger partial charge < -0.3 is 10.0 Å². The number of aromatic nitrogens is 2. The van der Waals surface area contributed by atoms with Gasteiger partial charge in [0.15, 0.2) is 5.69 Å². The first kappa shape index (κ1) is 18.0. The van der Waals surface area contributed by atoms with E-state index in [1.807, 2.05) is 0 Å². The predicted octanol–water partition coefficient (Wildman–Crippen LogP) is 2.94. The van der Waals surface area contributed by atoms with Gasteiger partial charge in [-0.2, -0.15) is 0 Å². The average molecular weight is 357 g/mol. The molecule has 6 nitrogen and oxygen atoms in total. The molecule has 1 heterocycles. The number of hydrogen-bond donors (Lipinski definition) is 1. The molecule has 0 bridgehead atoms. The number of nitrogens with zero attached hydrogens (tertiary/aromatic N) is 3. The lowest BCUT2D eigenvalue weighted by molar-refractivity contribution is 0.0665. The van der Waals surface area contributed by atoms with E-state index in [0.29, 0.717) is 18.5 Å². The zero-order chi connectivity index (χ0) is 18.5. The highest BCUT2D eigenvalue weighted by atomic mass is 19.1. The second-order valence-corrected chi connectivity index (χ2v) is 6.37. The third-order valence-electron chi connectivity index (χ3n) is 4.70. The molecule has 0 aliphatic heterocycles. The minimum Gasteiger partial charge on any atom is -0.476 e. The summed E-state index contributed by atoms with van der Waals surface area (Å²) in [6.45, 7) is 0.382. The summed E-state index contributed by atoms with van der Waals surface area (Å²) in [5, 5.41) is 8.90. The summed E-state index contributed by atoms with van der Waals surface area (Å²) >= 11 is 0. The Labute approximate surface area is 150 Å². The van der Waals surface area contributed by atoms with Crippen molar-refractivity contribution in [3.8, 4) is 0 Å². The molecule has 7 heteroatoms. The number of carboxylic acid groups (broad SMARTS) is 1. The van der Waals surface area contributed by atoms with Crippen molar-refractivity contribution in [3.63, 3.8) is 0 Å². The Morgan fingerprint density at radius 3 is 2.38 bits per heavy atom. The molecule has 1 aromatic carbocycles. The van der Waals surface area contributed by atoms with Crippen molar-refractivity contribution in [3.05, 3.63) is 59.4 Å². The summed E-state index contributed by atoms with van der Waals surface area (Å²) in [7, 11) is 0. The van der Waals surface area contributed by atoms with Crippen LogP contribution in [0.4, 0.5) is 4.39 Å². The smallest absolute Gasteiger partial charge is 0.356 e. The average Bonchev–Trinajstić information content (AvgIpc) is 3.17. The maximum atomic E-state index is 13.9. The molecule has 136 valence electrons. The van der Waals surface area contributed by atoms with Gasteiger partial charge >= 0.3 is 5.97 Å². The number of amides is 1. The first-order chi connectivity index (χ1) is 12.6. The molecule has 1 aliphatic rings. The predicted molar refractivity (Wildman–Crippen MR) is 92.4 cm³/mol. The standard InChI is InChI=1S/C19H20FN3O3/c20-15-8-4-1-5-13(15)9-10-23(14-6-2-3-7-14)18(24)16-11-22-17(12-21-16)19(25)26/h1,4-5,8,11-12,14H,2-3,6-7,9-10H2,(H,25,26). The number of carbonyl (C=O) groups is 2. The largest absolute Gasteiger partial charge is 0.476 e. The molecular formula is C19H20FN3O3. The van der Waals surface area contributed by atoms with Crippen LogP contribution in [0.2, 0.25) is 0 Å². The normalized spacial score (nSPS) is 14.3. The van der Waals surface area contributed by atoms with Gasteiger partial charge in [-0.3, -0.25) is 4.79 Å². The summed E-state index contributed by atoms with van der Waals surface area (Å²) in [6.07, 6.45) is 6.61. The van der Waals surface area contributed by atoms with Crippen molar-refractivity contribution in [1.82, 2.24) is 14.9 Å². The Morgan fingerprint density at radius 2 is 1.77 bits per heavy atom. The molecule has 1 saturated carbocycles. The van der Waals surface area contributed by atoms with Crippen LogP contribution in [0, 0.1) is 5.82 Å². The van der Waals surface area contributed by atoms with Gasteiger partial charge in [0.1, 0.15) is 11.5 Å². The molecule has 1 N–H and O–H groups in total. The number of aromatic carboxylic acids is 1. The summed E-state index contributed by atoms with van der Waals surface area (Å²) in [5.74, 6) is -1.77. The van der Waals surface area contributed by atoms with E-state index in [4.69, 9.17) is 5.11 Å². The Balaban J connectivity index is 1.77. The fourth-order valence-electron chi connectivity index (χ4n) is 3.30. The minimum atomic E-state index is -1.19. The summed E-state index contributed by atoms with van der Waals surface area (Å²) in [4.78, 5) is 33.2. The highest BCUT2D eigenvalue weighted by Gasteiger charge is 2.28. The second-order valence-electron chi connectivity index (χ2n) is 6.37. The first-order valence-electron chi connectivity index (χ1n) is 8.66. The molecule has 1 aliphatic carbocycles. The quantitative estimate of drug-likeness (QED) is 0.859. The molecule has 3 rings (SSSR count). The Morgan fingerprint density at radius 1 is 1.12 bits per heavy atom. The van der Waals surface area contributed by atoms with Crippen LogP contribution >= 0.6 is 0 Å². The van der Waals surface area contributed by atoms with Crippen molar-refractivity contribution in [1.29, 1.82) is 0 Å². The molecule has 0 radical (unpaired) electrons. The topological polar surface area (TPSA) is 83.4 Å². The fourth-order valence-corrected chi connectivity index (χ4v) is 3.30. The number of rotatable bonds is 6. The van der Waals surface area contributed by atoms with E-state index in [9.17, 15) is 14.0 Å². The van der Waals surface area contributed by atoms with Crippen LogP contribution < -0.4 is 0 Å². The van der Waals surface area contributed by atoms with Crippen molar-refractivity contribution >= 4 is 11.9 Å². The lowest BCUT2D eigenvalue weighted by Crippen LogP contribution is -2.40. The molecule has 1 fully saturated rings. The van der Waals surface area contributed by atoms with Crippen LogP contribution in [-0.2, 0) is 6.42 Å². The van der Waals surface area contributed by atoms with Crippen LogP contribution in [0.15, 0.2) is 36.7 Å². The summed E-state index contributed by atoms with van der Waals surface area (Å²) in [6, 6.07) is 6.63. The molecule has 0 unspecified atom stereocenters. The van der Waals surface area contributed by atoms with E-state index in [2.05, 4.69) is 9.97 Å². The van der Waals surface area contributed by atoms with Gasteiger partial charge in [0.25, 0.3) is 5.91 Å². The van der Waals surface area contributed by atoms with Gasteiger partial charge in [-0.1, -0.05) is 31.0 Å². The third kappa shape index (κ3) is 4.04. The molecule has 0 atom stereocenters. The number of halogens is 1. The maximum Gasteiger partial charge on any atom is 0.356 e. The maximum absolute atomic E-state index is 13.9. The zero-order valence-electron chi connectivity index (χ0n) is 14.3. The summed E-state index contributed by atoms with van der Waals surface area (Å²) < 4.78 is 13.9. The van der Waals surface area contributed by atoms with Gasteiger partial charge in [0.2, 0.25) is 0 Å². The Hall–Kier alpha value is -2.83. The molecule has 1 amide bonds. The van der Waals surface area contributed by atoms with Crippen LogP contribution in [0.1, 0.15) is 52.2 Å². The third-order valence-corrected chi connectivity index (χ3v) is 4.70. The Kier molecular flexibility index (Phi) is 5.55. The van der Waals surface area contributed by atoms with Gasteiger partial charge in [0.05, 0.1) is 12.4 Å². The van der Waals surface area contributed by atoms with Gasteiger partial charge in [-0.15, -0.1) is 0 Å². The SMILES string of the molecule is O=C(O)c1cnc(C(=O)N(CCc2ccccc2F)C2CCCC2)cn1. The second kappa shape index (κ2) is 8.03. The van der Waals surface area contributed by atoms with E-state index in [1.165, 1.54) is 12.3 Å². The lowest BCUT2D eigenvalue weighted by Gasteiger charge is -2.29.